The molecule has 0 saturated carbocycles. The first-order valence-corrected chi connectivity index (χ1v) is 5.21. The second-order valence-electron chi connectivity index (χ2n) is 3.75. The van der Waals surface area contributed by atoms with E-state index in [9.17, 15) is 10.0 Å². The van der Waals surface area contributed by atoms with Crippen LogP contribution in [0.25, 0.3) is 10.9 Å². The van der Waals surface area contributed by atoms with Crippen molar-refractivity contribution in [1.29, 1.82) is 0 Å². The molecule has 0 radical (unpaired) electrons. The molecule has 2 N–H and O–H groups in total. The van der Waals surface area contributed by atoms with Gasteiger partial charge in [-0.2, -0.15) is 4.73 Å². The molecule has 0 atom stereocenters. The van der Waals surface area contributed by atoms with Crippen LogP contribution in [0.4, 0.5) is 0 Å². The minimum Gasteiger partial charge on any atom is -0.428 e. The van der Waals surface area contributed by atoms with E-state index >= 15 is 0 Å². The van der Waals surface area contributed by atoms with Gasteiger partial charge in [-0.1, -0.05) is 18.2 Å². The number of carbonyl (C=O) groups is 1. The number of hydrogen-bond acceptors (Lipinski definition) is 2. The van der Waals surface area contributed by atoms with Gasteiger partial charge < -0.3 is 10.5 Å². The smallest absolute Gasteiger partial charge is 0.216 e. The zero-order chi connectivity index (χ0) is 11.5. The van der Waals surface area contributed by atoms with Crippen molar-refractivity contribution in [2.45, 2.75) is 13.3 Å². The largest absolute Gasteiger partial charge is 0.428 e. The van der Waals surface area contributed by atoms with Crippen molar-refractivity contribution in [2.75, 3.05) is 6.54 Å². The van der Waals surface area contributed by atoms with E-state index in [-0.39, 0.29) is 5.91 Å². The van der Waals surface area contributed by atoms with Gasteiger partial charge in [0.1, 0.15) is 0 Å². The number of nitrogens with one attached hydrogen (secondary N) is 1. The normalized spacial score (nSPS) is 10.6. The van der Waals surface area contributed by atoms with E-state index in [1.165, 1.54) is 6.92 Å². The quantitative estimate of drug-likeness (QED) is 0.768. The van der Waals surface area contributed by atoms with E-state index in [2.05, 4.69) is 5.32 Å². The lowest BCUT2D eigenvalue weighted by atomic mass is 10.1. The zero-order valence-electron chi connectivity index (χ0n) is 9.10. The summed E-state index contributed by atoms with van der Waals surface area (Å²) in [6.45, 7) is 2.08. The molecule has 2 aromatic rings. The fourth-order valence-electron chi connectivity index (χ4n) is 1.80. The molecule has 1 amide bonds. The van der Waals surface area contributed by atoms with Crippen molar-refractivity contribution in [3.8, 4) is 0 Å². The zero-order valence-corrected chi connectivity index (χ0v) is 9.10. The summed E-state index contributed by atoms with van der Waals surface area (Å²) < 4.78 is 1.12. The van der Waals surface area contributed by atoms with Crippen LogP contribution in [-0.2, 0) is 11.2 Å². The van der Waals surface area contributed by atoms with Crippen molar-refractivity contribution in [3.05, 3.63) is 36.0 Å². The Morgan fingerprint density at radius 2 is 2.19 bits per heavy atom. The Bertz CT molecular complexity index is 517. The van der Waals surface area contributed by atoms with Gasteiger partial charge in [0, 0.05) is 25.1 Å². The number of rotatable bonds is 3. The number of fused-ring (bicyclic) bond motifs is 1. The van der Waals surface area contributed by atoms with E-state index in [0.29, 0.717) is 13.0 Å². The summed E-state index contributed by atoms with van der Waals surface area (Å²) in [6, 6.07) is 7.64. The minimum absolute atomic E-state index is 0.0345. The summed E-state index contributed by atoms with van der Waals surface area (Å²) in [5.74, 6) is -0.0345. The average Bonchev–Trinajstić information content (AvgIpc) is 2.57. The Morgan fingerprint density at radius 1 is 1.44 bits per heavy atom. The molecule has 0 fully saturated rings. The highest BCUT2D eigenvalue weighted by Crippen LogP contribution is 2.19. The molecule has 0 bridgehead atoms. The van der Waals surface area contributed by atoms with Gasteiger partial charge in [-0.25, -0.2) is 0 Å². The lowest BCUT2D eigenvalue weighted by Crippen LogP contribution is -2.22. The van der Waals surface area contributed by atoms with Crippen LogP contribution in [0.1, 0.15) is 12.5 Å². The van der Waals surface area contributed by atoms with Crippen LogP contribution in [-0.4, -0.2) is 22.4 Å². The molecule has 0 saturated heterocycles. The molecule has 1 aromatic carbocycles. The van der Waals surface area contributed by atoms with Crippen LogP contribution >= 0.6 is 0 Å². The third kappa shape index (κ3) is 2.00. The van der Waals surface area contributed by atoms with Crippen LogP contribution in [0.5, 0.6) is 0 Å². The Labute approximate surface area is 93.5 Å². The second-order valence-corrected chi connectivity index (χ2v) is 3.75. The summed E-state index contributed by atoms with van der Waals surface area (Å²) >= 11 is 0. The fraction of sp³-hybridized carbons (Fsp3) is 0.250. The third-order valence-corrected chi connectivity index (χ3v) is 2.54. The van der Waals surface area contributed by atoms with Gasteiger partial charge in [0.25, 0.3) is 0 Å². The van der Waals surface area contributed by atoms with Gasteiger partial charge in [0.15, 0.2) is 0 Å². The fourth-order valence-corrected chi connectivity index (χ4v) is 1.80. The first-order valence-electron chi connectivity index (χ1n) is 5.21. The van der Waals surface area contributed by atoms with E-state index in [1.54, 1.807) is 6.20 Å². The molecule has 1 aromatic heterocycles. The SMILES string of the molecule is CC(=O)NCCc1cn(O)c2ccccc12. The molecule has 0 unspecified atom stereocenters. The molecule has 1 heterocycles. The Balaban J connectivity index is 2.21. The highest BCUT2D eigenvalue weighted by atomic mass is 16.5. The molecule has 0 aliphatic carbocycles. The number of benzene rings is 1. The van der Waals surface area contributed by atoms with E-state index in [4.69, 9.17) is 0 Å². The van der Waals surface area contributed by atoms with Crippen molar-refractivity contribution in [2.24, 2.45) is 0 Å². The monoisotopic (exact) mass is 218 g/mol. The predicted octanol–water partition coefficient (Wildman–Crippen LogP) is 1.56. The number of nitrogens with zero attached hydrogens (tertiary/aromatic N) is 1. The second kappa shape index (κ2) is 4.26. The molecule has 2 rings (SSSR count). The van der Waals surface area contributed by atoms with Crippen LogP contribution in [0, 0.1) is 0 Å². The lowest BCUT2D eigenvalue weighted by molar-refractivity contribution is -0.118. The first-order chi connectivity index (χ1) is 7.68. The summed E-state index contributed by atoms with van der Waals surface area (Å²) in [5.41, 5.74) is 1.83. The molecule has 0 aliphatic rings. The third-order valence-electron chi connectivity index (χ3n) is 2.54. The summed E-state index contributed by atoms with van der Waals surface area (Å²) in [6.07, 6.45) is 2.40. The topological polar surface area (TPSA) is 54.3 Å². The summed E-state index contributed by atoms with van der Waals surface area (Å²) in [4.78, 5) is 10.7. The van der Waals surface area contributed by atoms with Crippen LogP contribution < -0.4 is 5.32 Å². The highest BCUT2D eigenvalue weighted by Gasteiger charge is 2.06. The van der Waals surface area contributed by atoms with Gasteiger partial charge in [-0.05, 0) is 18.1 Å². The van der Waals surface area contributed by atoms with E-state index < -0.39 is 0 Å². The summed E-state index contributed by atoms with van der Waals surface area (Å²) in [7, 11) is 0. The Morgan fingerprint density at radius 3 is 2.94 bits per heavy atom. The summed E-state index contributed by atoms with van der Waals surface area (Å²) in [5, 5.41) is 13.4. The average molecular weight is 218 g/mol. The lowest BCUT2D eigenvalue weighted by Gasteiger charge is -2.00. The maximum Gasteiger partial charge on any atom is 0.216 e. The molecular formula is C12H14N2O2. The van der Waals surface area contributed by atoms with Crippen molar-refractivity contribution < 1.29 is 10.0 Å². The molecule has 0 spiro atoms. The van der Waals surface area contributed by atoms with E-state index in [1.807, 2.05) is 24.3 Å². The van der Waals surface area contributed by atoms with Gasteiger partial charge >= 0.3 is 0 Å². The molecule has 4 nitrogen and oxygen atoms in total. The van der Waals surface area contributed by atoms with E-state index in [0.717, 1.165) is 21.2 Å². The number of aromatic nitrogens is 1. The molecule has 4 heteroatoms. The maximum atomic E-state index is 10.7. The van der Waals surface area contributed by atoms with Crippen molar-refractivity contribution >= 4 is 16.8 Å². The van der Waals surface area contributed by atoms with Gasteiger partial charge in [0.05, 0.1) is 5.52 Å². The molecular weight excluding hydrogens is 204 g/mol. The molecule has 16 heavy (non-hydrogen) atoms. The highest BCUT2D eigenvalue weighted by molar-refractivity contribution is 5.83. The molecule has 0 aliphatic heterocycles. The first kappa shape index (κ1) is 10.5. The number of amides is 1. The van der Waals surface area contributed by atoms with Gasteiger partial charge in [-0.3, -0.25) is 4.79 Å². The Hall–Kier alpha value is -1.97. The number of carbonyl (C=O) groups excluding carboxylic acids is 1. The van der Waals surface area contributed by atoms with Crippen molar-refractivity contribution in [1.82, 2.24) is 10.0 Å². The standard InChI is InChI=1S/C12H14N2O2/c1-9(15)13-7-6-10-8-14(16)12-5-3-2-4-11(10)12/h2-5,8,16H,6-7H2,1H3,(H,13,15). The Kier molecular flexibility index (Phi) is 2.81. The van der Waals surface area contributed by atoms with Crippen LogP contribution in [0.2, 0.25) is 0 Å². The minimum atomic E-state index is -0.0345. The predicted molar refractivity (Wildman–Crippen MR) is 61.5 cm³/mol. The van der Waals surface area contributed by atoms with Crippen LogP contribution in [0.15, 0.2) is 30.5 Å². The van der Waals surface area contributed by atoms with Crippen molar-refractivity contribution in [3.63, 3.8) is 0 Å². The number of hydrogen-bond donors (Lipinski definition) is 2. The maximum absolute atomic E-state index is 10.7. The van der Waals surface area contributed by atoms with Gasteiger partial charge in [0.2, 0.25) is 5.91 Å². The number of para-hydroxylation sites is 1. The molecule has 84 valence electrons. The van der Waals surface area contributed by atoms with Crippen LogP contribution in [0.3, 0.4) is 0 Å². The van der Waals surface area contributed by atoms with Gasteiger partial charge in [-0.15, -0.1) is 0 Å².